The minimum absolute atomic E-state index is 0.231. The van der Waals surface area contributed by atoms with Crippen LogP contribution in [0.1, 0.15) is 52.1 Å². The Morgan fingerprint density at radius 2 is 1.90 bits per heavy atom. The van der Waals surface area contributed by atoms with Gasteiger partial charge in [-0.05, 0) is 57.9 Å². The molecule has 1 N–H and O–H groups in total. The Bertz CT molecular complexity index is 579. The van der Waals surface area contributed by atoms with Gasteiger partial charge in [-0.25, -0.2) is 8.42 Å². The van der Waals surface area contributed by atoms with Crippen molar-refractivity contribution in [2.24, 2.45) is 0 Å². The van der Waals surface area contributed by atoms with E-state index in [4.69, 9.17) is 0 Å². The molecule has 1 fully saturated rings. The number of hydrogen-bond donors (Lipinski definition) is 1. The molecule has 1 aromatic rings. The van der Waals surface area contributed by atoms with Gasteiger partial charge in [0.05, 0.1) is 4.90 Å². The number of nitrogens with one attached hydrogen (secondary N) is 1. The van der Waals surface area contributed by atoms with Crippen molar-refractivity contribution in [1.29, 1.82) is 0 Å². The molecule has 5 heteroatoms. The van der Waals surface area contributed by atoms with Crippen LogP contribution in [0, 0.1) is 0 Å². The van der Waals surface area contributed by atoms with Crippen molar-refractivity contribution >= 4 is 10.0 Å². The van der Waals surface area contributed by atoms with Crippen molar-refractivity contribution in [3.8, 4) is 0 Å². The largest absolute Gasteiger partial charge is 0.310 e. The highest BCUT2D eigenvalue weighted by Crippen LogP contribution is 2.34. The fourth-order valence-corrected chi connectivity index (χ4v) is 4.85. The van der Waals surface area contributed by atoms with Crippen LogP contribution >= 0.6 is 0 Å². The van der Waals surface area contributed by atoms with Crippen LogP contribution in [-0.2, 0) is 10.0 Å². The molecule has 0 aromatic heterocycles. The number of sulfonamides is 1. The molecule has 0 spiro atoms. The van der Waals surface area contributed by atoms with Crippen LogP contribution in [0.4, 0.5) is 0 Å². The Morgan fingerprint density at radius 3 is 2.38 bits per heavy atom. The van der Waals surface area contributed by atoms with Crippen LogP contribution in [0.5, 0.6) is 0 Å². The maximum Gasteiger partial charge on any atom is 0.243 e. The van der Waals surface area contributed by atoms with E-state index in [0.717, 1.165) is 24.9 Å². The SMILES string of the molecule is CCNC(C)c1ccc(S(=O)(=O)N2CCCC2(C)C)cc1. The van der Waals surface area contributed by atoms with E-state index in [-0.39, 0.29) is 11.6 Å². The molecule has 118 valence electrons. The summed E-state index contributed by atoms with van der Waals surface area (Å²) >= 11 is 0. The average Bonchev–Trinajstić information content (AvgIpc) is 2.79. The van der Waals surface area contributed by atoms with Crippen molar-refractivity contribution in [2.45, 2.75) is 57.0 Å². The first-order valence-electron chi connectivity index (χ1n) is 7.65. The summed E-state index contributed by atoms with van der Waals surface area (Å²) in [7, 11) is -3.39. The maximum absolute atomic E-state index is 12.8. The third-order valence-corrected chi connectivity index (χ3v) is 6.43. The summed E-state index contributed by atoms with van der Waals surface area (Å²) in [5.74, 6) is 0. The molecule has 1 aromatic carbocycles. The lowest BCUT2D eigenvalue weighted by molar-refractivity contribution is 0.291. The highest BCUT2D eigenvalue weighted by Gasteiger charge is 2.40. The monoisotopic (exact) mass is 310 g/mol. The van der Waals surface area contributed by atoms with Gasteiger partial charge in [0.1, 0.15) is 0 Å². The van der Waals surface area contributed by atoms with Gasteiger partial charge in [0.25, 0.3) is 0 Å². The molecule has 4 nitrogen and oxygen atoms in total. The fourth-order valence-electron chi connectivity index (χ4n) is 3.01. The number of hydrogen-bond acceptors (Lipinski definition) is 3. The second kappa shape index (κ2) is 6.07. The molecule has 1 aliphatic rings. The predicted octanol–water partition coefficient (Wildman–Crippen LogP) is 2.92. The molecule has 21 heavy (non-hydrogen) atoms. The minimum Gasteiger partial charge on any atom is -0.310 e. The first kappa shape index (κ1) is 16.5. The lowest BCUT2D eigenvalue weighted by Crippen LogP contribution is -2.42. The normalized spacial score (nSPS) is 20.6. The van der Waals surface area contributed by atoms with Gasteiger partial charge in [-0.1, -0.05) is 19.1 Å². The second-order valence-corrected chi connectivity index (χ2v) is 8.20. The Kier molecular flexibility index (Phi) is 4.76. The van der Waals surface area contributed by atoms with E-state index in [9.17, 15) is 8.42 Å². The van der Waals surface area contributed by atoms with Gasteiger partial charge >= 0.3 is 0 Å². The molecule has 0 amide bonds. The first-order valence-corrected chi connectivity index (χ1v) is 9.09. The van der Waals surface area contributed by atoms with Crippen molar-refractivity contribution in [3.05, 3.63) is 29.8 Å². The zero-order valence-electron chi connectivity index (χ0n) is 13.4. The first-order chi connectivity index (χ1) is 9.79. The lowest BCUT2D eigenvalue weighted by atomic mass is 10.0. The van der Waals surface area contributed by atoms with Gasteiger partial charge in [-0.2, -0.15) is 4.31 Å². The van der Waals surface area contributed by atoms with E-state index in [0.29, 0.717) is 11.4 Å². The van der Waals surface area contributed by atoms with Crippen molar-refractivity contribution in [1.82, 2.24) is 9.62 Å². The summed E-state index contributed by atoms with van der Waals surface area (Å²) in [5, 5.41) is 3.33. The molecular weight excluding hydrogens is 284 g/mol. The number of benzene rings is 1. The Balaban J connectivity index is 2.25. The molecule has 0 bridgehead atoms. The summed E-state index contributed by atoms with van der Waals surface area (Å²) in [6.07, 6.45) is 1.85. The molecule has 0 saturated carbocycles. The average molecular weight is 310 g/mol. The van der Waals surface area contributed by atoms with Gasteiger partial charge in [0.15, 0.2) is 0 Å². The summed E-state index contributed by atoms with van der Waals surface area (Å²) < 4.78 is 27.2. The molecule has 0 aliphatic carbocycles. The molecule has 1 aliphatic heterocycles. The molecule has 1 saturated heterocycles. The van der Waals surface area contributed by atoms with E-state index < -0.39 is 10.0 Å². The van der Waals surface area contributed by atoms with Crippen molar-refractivity contribution in [3.63, 3.8) is 0 Å². The van der Waals surface area contributed by atoms with Gasteiger partial charge in [0, 0.05) is 18.1 Å². The van der Waals surface area contributed by atoms with E-state index in [1.165, 1.54) is 0 Å². The summed E-state index contributed by atoms with van der Waals surface area (Å²) in [6, 6.07) is 7.50. The van der Waals surface area contributed by atoms with Crippen molar-refractivity contribution < 1.29 is 8.42 Å². The third-order valence-electron chi connectivity index (χ3n) is 4.30. The zero-order valence-corrected chi connectivity index (χ0v) is 14.2. The highest BCUT2D eigenvalue weighted by atomic mass is 32.2. The number of nitrogens with zero attached hydrogens (tertiary/aromatic N) is 1. The molecular formula is C16H26N2O2S. The molecule has 1 heterocycles. The fraction of sp³-hybridized carbons (Fsp3) is 0.625. The van der Waals surface area contributed by atoms with Gasteiger partial charge in [-0.15, -0.1) is 0 Å². The zero-order chi connectivity index (χ0) is 15.7. The molecule has 0 radical (unpaired) electrons. The Labute approximate surface area is 128 Å². The Hall–Kier alpha value is -0.910. The van der Waals surface area contributed by atoms with Crippen LogP contribution in [-0.4, -0.2) is 31.4 Å². The third kappa shape index (κ3) is 3.30. The quantitative estimate of drug-likeness (QED) is 0.909. The summed E-state index contributed by atoms with van der Waals surface area (Å²) in [5.41, 5.74) is 0.825. The van der Waals surface area contributed by atoms with E-state index in [1.807, 2.05) is 26.0 Å². The van der Waals surface area contributed by atoms with Gasteiger partial charge in [0.2, 0.25) is 10.0 Å². The molecule has 2 rings (SSSR count). The van der Waals surface area contributed by atoms with Crippen LogP contribution in [0.2, 0.25) is 0 Å². The maximum atomic E-state index is 12.8. The van der Waals surface area contributed by atoms with Crippen LogP contribution < -0.4 is 5.32 Å². The predicted molar refractivity (Wildman–Crippen MR) is 85.7 cm³/mol. The van der Waals surface area contributed by atoms with E-state index in [1.54, 1.807) is 16.4 Å². The summed E-state index contributed by atoms with van der Waals surface area (Å²) in [6.45, 7) is 9.65. The second-order valence-electron chi connectivity index (χ2n) is 6.34. The summed E-state index contributed by atoms with van der Waals surface area (Å²) in [4.78, 5) is 0.393. The van der Waals surface area contributed by atoms with Crippen LogP contribution in [0.25, 0.3) is 0 Å². The lowest BCUT2D eigenvalue weighted by Gasteiger charge is -2.30. The Morgan fingerprint density at radius 1 is 1.29 bits per heavy atom. The minimum atomic E-state index is -3.39. The van der Waals surface area contributed by atoms with Crippen molar-refractivity contribution in [2.75, 3.05) is 13.1 Å². The van der Waals surface area contributed by atoms with Gasteiger partial charge in [-0.3, -0.25) is 0 Å². The highest BCUT2D eigenvalue weighted by molar-refractivity contribution is 7.89. The van der Waals surface area contributed by atoms with Crippen LogP contribution in [0.15, 0.2) is 29.2 Å². The standard InChI is InChI=1S/C16H26N2O2S/c1-5-17-13(2)14-7-9-15(10-8-14)21(19,20)18-12-6-11-16(18,3)4/h7-10,13,17H,5-6,11-12H2,1-4H3. The molecule has 1 atom stereocenters. The van der Waals surface area contributed by atoms with Crippen LogP contribution in [0.3, 0.4) is 0 Å². The molecule has 1 unspecified atom stereocenters. The van der Waals surface area contributed by atoms with Gasteiger partial charge < -0.3 is 5.32 Å². The van der Waals surface area contributed by atoms with E-state index in [2.05, 4.69) is 19.2 Å². The van der Waals surface area contributed by atoms with E-state index >= 15 is 0 Å². The topological polar surface area (TPSA) is 49.4 Å². The number of rotatable bonds is 5. The smallest absolute Gasteiger partial charge is 0.243 e.